The summed E-state index contributed by atoms with van der Waals surface area (Å²) >= 11 is 0. The van der Waals surface area contributed by atoms with Crippen LogP contribution in [0, 0.1) is 11.8 Å². The first kappa shape index (κ1) is 20.7. The average molecular weight is 343 g/mol. The lowest BCUT2D eigenvalue weighted by Crippen LogP contribution is -2.41. The van der Waals surface area contributed by atoms with E-state index in [-0.39, 0.29) is 11.1 Å². The molecule has 0 bridgehead atoms. The topological polar surface area (TPSA) is 9.23 Å². The van der Waals surface area contributed by atoms with Gasteiger partial charge in [-0.1, -0.05) is 82.7 Å². The van der Waals surface area contributed by atoms with Crippen LogP contribution in [-0.2, 0) is 4.43 Å². The van der Waals surface area contributed by atoms with Gasteiger partial charge in [0.25, 0.3) is 0 Å². The molecule has 2 heteroatoms. The van der Waals surface area contributed by atoms with Crippen molar-refractivity contribution in [3.05, 3.63) is 48.0 Å². The molecule has 24 heavy (non-hydrogen) atoms. The van der Waals surface area contributed by atoms with Crippen LogP contribution in [0.25, 0.3) is 0 Å². The van der Waals surface area contributed by atoms with Gasteiger partial charge in [-0.05, 0) is 42.3 Å². The normalized spacial score (nSPS) is 13.6. The van der Waals surface area contributed by atoms with Crippen LogP contribution in [0.2, 0.25) is 18.1 Å². The van der Waals surface area contributed by atoms with Gasteiger partial charge in [-0.3, -0.25) is 0 Å². The van der Waals surface area contributed by atoms with Gasteiger partial charge >= 0.3 is 0 Å². The van der Waals surface area contributed by atoms with Gasteiger partial charge in [0.2, 0.25) is 0 Å². The molecular formula is C22H34OSi. The Morgan fingerprint density at radius 3 is 2.38 bits per heavy atom. The van der Waals surface area contributed by atoms with Gasteiger partial charge in [0.05, 0.1) is 6.10 Å². The van der Waals surface area contributed by atoms with Gasteiger partial charge in [-0.15, -0.1) is 0 Å². The van der Waals surface area contributed by atoms with Crippen molar-refractivity contribution in [3.8, 4) is 11.8 Å². The Hall–Kier alpha value is -1.30. The summed E-state index contributed by atoms with van der Waals surface area (Å²) in [6.45, 7) is 13.6. The summed E-state index contributed by atoms with van der Waals surface area (Å²) in [5, 5.41) is 0.194. The monoisotopic (exact) mass is 342 g/mol. The van der Waals surface area contributed by atoms with Crippen molar-refractivity contribution in [3.63, 3.8) is 0 Å². The minimum absolute atomic E-state index is 0.0166. The van der Waals surface area contributed by atoms with Gasteiger partial charge in [0, 0.05) is 6.42 Å². The van der Waals surface area contributed by atoms with Crippen molar-refractivity contribution < 1.29 is 4.43 Å². The van der Waals surface area contributed by atoms with Crippen LogP contribution < -0.4 is 0 Å². The Morgan fingerprint density at radius 1 is 1.12 bits per heavy atom. The van der Waals surface area contributed by atoms with E-state index in [2.05, 4.69) is 83.0 Å². The predicted molar refractivity (Wildman–Crippen MR) is 109 cm³/mol. The fraction of sp³-hybridized carbons (Fsp3) is 0.545. The van der Waals surface area contributed by atoms with E-state index >= 15 is 0 Å². The zero-order valence-corrected chi connectivity index (χ0v) is 17.4. The molecule has 0 N–H and O–H groups in total. The van der Waals surface area contributed by atoms with Crippen LogP contribution in [0.3, 0.4) is 0 Å². The quantitative estimate of drug-likeness (QED) is 0.298. The molecule has 1 atom stereocenters. The first-order chi connectivity index (χ1) is 11.3. The number of benzene rings is 1. The highest BCUT2D eigenvalue weighted by molar-refractivity contribution is 6.74. The molecule has 0 spiro atoms. The van der Waals surface area contributed by atoms with Crippen molar-refractivity contribution in [2.75, 3.05) is 0 Å². The summed E-state index contributed by atoms with van der Waals surface area (Å²) in [6.07, 6.45) is 8.75. The van der Waals surface area contributed by atoms with Crippen LogP contribution in [0.5, 0.6) is 0 Å². The average Bonchev–Trinajstić information content (AvgIpc) is 2.52. The third-order valence-corrected chi connectivity index (χ3v) is 9.17. The van der Waals surface area contributed by atoms with Crippen molar-refractivity contribution in [1.82, 2.24) is 0 Å². The lowest BCUT2D eigenvalue weighted by atomic mass is 10.1. The first-order valence-corrected chi connectivity index (χ1v) is 12.1. The molecule has 1 rings (SSSR count). The number of hydrogen-bond donors (Lipinski definition) is 0. The van der Waals surface area contributed by atoms with Crippen molar-refractivity contribution >= 4 is 8.32 Å². The Balaban J connectivity index is 2.84. The molecule has 132 valence electrons. The molecule has 1 aromatic carbocycles. The van der Waals surface area contributed by atoms with E-state index < -0.39 is 8.32 Å². The maximum atomic E-state index is 6.62. The summed E-state index contributed by atoms with van der Waals surface area (Å²) in [7, 11) is -1.84. The fourth-order valence-corrected chi connectivity index (χ4v) is 3.29. The minimum Gasteiger partial charge on any atom is -0.406 e. The van der Waals surface area contributed by atoms with Crippen LogP contribution in [0.4, 0.5) is 0 Å². The second-order valence-electron chi connectivity index (χ2n) is 7.85. The van der Waals surface area contributed by atoms with Crippen LogP contribution >= 0.6 is 0 Å². The molecule has 0 aromatic heterocycles. The minimum atomic E-state index is -1.84. The number of allylic oxidation sites excluding steroid dienone is 1. The Bertz CT molecular complexity index is 555. The SMILES string of the molecule is CCCCCC#C/C=C\[C@@H](O[Si](C)(C)C(C)(C)C)c1ccccc1. The number of hydrogen-bond acceptors (Lipinski definition) is 1. The molecule has 0 fully saturated rings. The summed E-state index contributed by atoms with van der Waals surface area (Å²) in [4.78, 5) is 0. The molecule has 0 amide bonds. The second-order valence-corrected chi connectivity index (χ2v) is 12.6. The van der Waals surface area contributed by atoms with E-state index in [0.29, 0.717) is 0 Å². The number of unbranched alkanes of at least 4 members (excludes halogenated alkanes) is 3. The predicted octanol–water partition coefficient (Wildman–Crippen LogP) is 6.89. The molecule has 0 radical (unpaired) electrons. The van der Waals surface area contributed by atoms with Crippen molar-refractivity contribution in [1.29, 1.82) is 0 Å². The molecule has 0 unspecified atom stereocenters. The zero-order chi connectivity index (χ0) is 18.1. The van der Waals surface area contributed by atoms with Gasteiger partial charge in [-0.2, -0.15) is 0 Å². The summed E-state index contributed by atoms with van der Waals surface area (Å²) in [5.74, 6) is 6.41. The summed E-state index contributed by atoms with van der Waals surface area (Å²) < 4.78 is 6.62. The molecule has 1 aromatic rings. The highest BCUT2D eigenvalue weighted by Gasteiger charge is 2.38. The Kier molecular flexibility index (Phi) is 8.52. The van der Waals surface area contributed by atoms with Crippen LogP contribution in [0.15, 0.2) is 42.5 Å². The van der Waals surface area contributed by atoms with E-state index in [9.17, 15) is 0 Å². The van der Waals surface area contributed by atoms with E-state index in [0.717, 1.165) is 6.42 Å². The van der Waals surface area contributed by atoms with Gasteiger partial charge < -0.3 is 4.43 Å². The molecular weight excluding hydrogens is 308 g/mol. The van der Waals surface area contributed by atoms with Crippen molar-refractivity contribution in [2.24, 2.45) is 0 Å². The lowest BCUT2D eigenvalue weighted by molar-refractivity contribution is 0.229. The fourth-order valence-electron chi connectivity index (χ4n) is 2.09. The molecule has 0 aliphatic heterocycles. The van der Waals surface area contributed by atoms with E-state index in [4.69, 9.17) is 4.43 Å². The molecule has 0 saturated carbocycles. The van der Waals surface area contributed by atoms with Gasteiger partial charge in [0.15, 0.2) is 8.32 Å². The van der Waals surface area contributed by atoms with E-state index in [1.165, 1.54) is 24.8 Å². The highest BCUT2D eigenvalue weighted by Crippen LogP contribution is 2.40. The second kappa shape index (κ2) is 9.86. The van der Waals surface area contributed by atoms with Gasteiger partial charge in [0.1, 0.15) is 0 Å². The van der Waals surface area contributed by atoms with E-state index in [1.54, 1.807) is 0 Å². The largest absolute Gasteiger partial charge is 0.406 e. The third-order valence-electron chi connectivity index (χ3n) is 4.72. The van der Waals surface area contributed by atoms with Gasteiger partial charge in [-0.25, -0.2) is 0 Å². The maximum Gasteiger partial charge on any atom is 0.193 e. The zero-order valence-electron chi connectivity index (χ0n) is 16.4. The van der Waals surface area contributed by atoms with E-state index in [1.807, 2.05) is 12.1 Å². The standard InChI is InChI=1S/C22H34OSi/c1-7-8-9-10-11-12-16-19-21(20-17-14-13-15-18-20)23-24(5,6)22(2,3)4/h13-19,21H,7-10H2,1-6H3/b19-16-/t21-/m1/s1. The Morgan fingerprint density at radius 2 is 1.79 bits per heavy atom. The first-order valence-electron chi connectivity index (χ1n) is 9.16. The number of rotatable bonds is 7. The molecule has 0 aliphatic carbocycles. The maximum absolute atomic E-state index is 6.62. The Labute approximate surface area is 150 Å². The van der Waals surface area contributed by atoms with Crippen LogP contribution in [0.1, 0.15) is 65.0 Å². The summed E-state index contributed by atoms with van der Waals surface area (Å²) in [6, 6.07) is 10.5. The summed E-state index contributed by atoms with van der Waals surface area (Å²) in [5.41, 5.74) is 1.20. The molecule has 0 heterocycles. The third kappa shape index (κ3) is 7.07. The van der Waals surface area contributed by atoms with Crippen LogP contribution in [-0.4, -0.2) is 8.32 Å². The lowest BCUT2D eigenvalue weighted by Gasteiger charge is -2.38. The molecule has 1 nitrogen and oxygen atoms in total. The molecule has 0 aliphatic rings. The highest BCUT2D eigenvalue weighted by atomic mass is 28.4. The van der Waals surface area contributed by atoms with Crippen molar-refractivity contribution in [2.45, 2.75) is 77.6 Å². The smallest absolute Gasteiger partial charge is 0.193 e. The molecule has 0 saturated heterocycles.